The van der Waals surface area contributed by atoms with Crippen molar-refractivity contribution >= 4 is 32.2 Å². The van der Waals surface area contributed by atoms with Gasteiger partial charge in [0.15, 0.2) is 0 Å². The first-order valence-corrected chi connectivity index (χ1v) is 8.37. The molecule has 6 nitrogen and oxygen atoms in total. The highest BCUT2D eigenvalue weighted by molar-refractivity contribution is 9.10. The molecule has 0 fully saturated rings. The van der Waals surface area contributed by atoms with Crippen LogP contribution in [0, 0.1) is 0 Å². The van der Waals surface area contributed by atoms with Crippen molar-refractivity contribution in [3.05, 3.63) is 52.5 Å². The molecule has 8 heteroatoms. The van der Waals surface area contributed by atoms with E-state index in [1.807, 2.05) is 0 Å². The Bertz CT molecular complexity index is 789. The highest BCUT2D eigenvalue weighted by Crippen LogP contribution is 2.21. The molecule has 0 unspecified atom stereocenters. The molecule has 0 heterocycles. The Balaban J connectivity index is 2.16. The van der Waals surface area contributed by atoms with Crippen molar-refractivity contribution < 1.29 is 18.3 Å². The lowest BCUT2D eigenvalue weighted by molar-refractivity contribution is 0.412. The van der Waals surface area contributed by atoms with Crippen LogP contribution in [0.3, 0.4) is 0 Å². The zero-order valence-corrected chi connectivity index (χ0v) is 13.9. The Morgan fingerprint density at radius 2 is 1.91 bits per heavy atom. The molecule has 0 saturated heterocycles. The number of hydrogen-bond donors (Lipinski definition) is 2. The fourth-order valence-corrected chi connectivity index (χ4v) is 2.65. The third kappa shape index (κ3) is 3.99. The van der Waals surface area contributed by atoms with E-state index >= 15 is 0 Å². The molecule has 0 radical (unpaired) electrons. The van der Waals surface area contributed by atoms with Gasteiger partial charge in [-0.3, -0.25) is 0 Å². The summed E-state index contributed by atoms with van der Waals surface area (Å²) in [4.78, 5) is 2.17. The van der Waals surface area contributed by atoms with Crippen LogP contribution in [0.1, 0.15) is 5.56 Å². The molecule has 0 saturated carbocycles. The molecule has 2 N–H and O–H groups in total. The maximum absolute atomic E-state index is 12.0. The van der Waals surface area contributed by atoms with Gasteiger partial charge in [-0.2, -0.15) is 13.5 Å². The predicted molar refractivity (Wildman–Crippen MR) is 86.7 cm³/mol. The van der Waals surface area contributed by atoms with Crippen LogP contribution in [-0.4, -0.2) is 26.8 Å². The lowest BCUT2D eigenvalue weighted by Gasteiger charge is -2.05. The standard InChI is InChI=1S/C14H13BrN2O4S/c1-21-12-4-7-14(18)10(8-12)9-16-17-22(19,20)13-5-2-11(15)3-6-13/h2-9,17-18H,1H3/b16-9+. The second kappa shape index (κ2) is 6.80. The summed E-state index contributed by atoms with van der Waals surface area (Å²) in [5, 5.41) is 13.3. The Hall–Kier alpha value is -2.06. The number of phenols is 1. The van der Waals surface area contributed by atoms with E-state index < -0.39 is 10.0 Å². The molecule has 0 amide bonds. The van der Waals surface area contributed by atoms with Gasteiger partial charge in [0.1, 0.15) is 11.5 Å². The van der Waals surface area contributed by atoms with Gasteiger partial charge in [-0.25, -0.2) is 4.83 Å². The fourth-order valence-electron chi connectivity index (χ4n) is 1.59. The van der Waals surface area contributed by atoms with Gasteiger partial charge >= 0.3 is 0 Å². The molecule has 0 spiro atoms. The van der Waals surface area contributed by atoms with Crippen molar-refractivity contribution in [1.29, 1.82) is 0 Å². The van der Waals surface area contributed by atoms with Crippen molar-refractivity contribution in [1.82, 2.24) is 4.83 Å². The van der Waals surface area contributed by atoms with Gasteiger partial charge in [-0.15, -0.1) is 0 Å². The number of aromatic hydroxyl groups is 1. The molecule has 0 bridgehead atoms. The monoisotopic (exact) mass is 384 g/mol. The second-order valence-corrected chi connectivity index (χ2v) is 6.81. The van der Waals surface area contributed by atoms with Crippen LogP contribution in [0.2, 0.25) is 0 Å². The first-order valence-electron chi connectivity index (χ1n) is 6.10. The van der Waals surface area contributed by atoms with E-state index in [1.165, 1.54) is 37.6 Å². The van der Waals surface area contributed by atoms with Crippen molar-refractivity contribution in [3.63, 3.8) is 0 Å². The normalized spacial score (nSPS) is 11.5. The number of benzene rings is 2. The molecule has 0 aromatic heterocycles. The first kappa shape index (κ1) is 16.3. The smallest absolute Gasteiger partial charge is 0.276 e. The summed E-state index contributed by atoms with van der Waals surface area (Å²) in [6, 6.07) is 10.7. The quantitative estimate of drug-likeness (QED) is 0.612. The SMILES string of the molecule is COc1ccc(O)c(/C=N/NS(=O)(=O)c2ccc(Br)cc2)c1. The number of nitrogens with one attached hydrogen (secondary N) is 1. The molecule has 2 rings (SSSR count). The van der Waals surface area contributed by atoms with Crippen LogP contribution in [-0.2, 0) is 10.0 Å². The molecular weight excluding hydrogens is 372 g/mol. The van der Waals surface area contributed by atoms with E-state index in [0.29, 0.717) is 11.3 Å². The molecule has 22 heavy (non-hydrogen) atoms. The van der Waals surface area contributed by atoms with Gasteiger partial charge in [0, 0.05) is 10.0 Å². The lowest BCUT2D eigenvalue weighted by atomic mass is 10.2. The van der Waals surface area contributed by atoms with E-state index in [1.54, 1.807) is 18.2 Å². The molecule has 2 aromatic carbocycles. The van der Waals surface area contributed by atoms with Gasteiger partial charge < -0.3 is 9.84 Å². The Morgan fingerprint density at radius 1 is 1.23 bits per heavy atom. The first-order chi connectivity index (χ1) is 10.4. The minimum absolute atomic E-state index is 0.0348. The second-order valence-electron chi connectivity index (χ2n) is 4.23. The number of rotatable bonds is 5. The largest absolute Gasteiger partial charge is 0.507 e. The number of nitrogens with zero attached hydrogens (tertiary/aromatic N) is 1. The number of halogens is 1. The molecular formula is C14H13BrN2O4S. The molecule has 0 aliphatic rings. The van der Waals surface area contributed by atoms with E-state index in [2.05, 4.69) is 25.9 Å². The van der Waals surface area contributed by atoms with Crippen molar-refractivity contribution in [3.8, 4) is 11.5 Å². The maximum Gasteiger partial charge on any atom is 0.276 e. The summed E-state index contributed by atoms with van der Waals surface area (Å²) < 4.78 is 29.8. The van der Waals surface area contributed by atoms with Gasteiger partial charge in [0.05, 0.1) is 18.2 Å². The van der Waals surface area contributed by atoms with E-state index in [9.17, 15) is 13.5 Å². The van der Waals surface area contributed by atoms with E-state index in [4.69, 9.17) is 4.74 Å². The average molecular weight is 385 g/mol. The summed E-state index contributed by atoms with van der Waals surface area (Å²) in [7, 11) is -2.27. The van der Waals surface area contributed by atoms with Crippen molar-refractivity contribution in [2.45, 2.75) is 4.90 Å². The Morgan fingerprint density at radius 3 is 2.55 bits per heavy atom. The van der Waals surface area contributed by atoms with Gasteiger partial charge in [0.2, 0.25) is 0 Å². The number of sulfonamides is 1. The minimum Gasteiger partial charge on any atom is -0.507 e. The summed E-state index contributed by atoms with van der Waals surface area (Å²) >= 11 is 3.23. The fraction of sp³-hybridized carbons (Fsp3) is 0.0714. The third-order valence-corrected chi connectivity index (χ3v) is 4.50. The molecule has 2 aromatic rings. The summed E-state index contributed by atoms with van der Waals surface area (Å²) in [5.74, 6) is 0.488. The van der Waals surface area contributed by atoms with Crippen LogP contribution < -0.4 is 9.57 Å². The minimum atomic E-state index is -3.76. The summed E-state index contributed by atoms with van der Waals surface area (Å²) in [6.07, 6.45) is 1.20. The van der Waals surface area contributed by atoms with Crippen LogP contribution in [0.15, 0.2) is 56.9 Å². The lowest BCUT2D eigenvalue weighted by Crippen LogP contribution is -2.18. The van der Waals surface area contributed by atoms with Crippen LogP contribution in [0.25, 0.3) is 0 Å². The van der Waals surface area contributed by atoms with Gasteiger partial charge in [-0.1, -0.05) is 15.9 Å². The van der Waals surface area contributed by atoms with Crippen LogP contribution in [0.4, 0.5) is 0 Å². The summed E-state index contributed by atoms with van der Waals surface area (Å²) in [6.45, 7) is 0. The topological polar surface area (TPSA) is 88.0 Å². The third-order valence-electron chi connectivity index (χ3n) is 2.74. The van der Waals surface area contributed by atoms with E-state index in [-0.39, 0.29) is 10.6 Å². The van der Waals surface area contributed by atoms with Crippen LogP contribution in [0.5, 0.6) is 11.5 Å². The highest BCUT2D eigenvalue weighted by Gasteiger charge is 2.12. The number of hydrazone groups is 1. The highest BCUT2D eigenvalue weighted by atomic mass is 79.9. The Labute approximate surface area is 136 Å². The van der Waals surface area contributed by atoms with E-state index in [0.717, 1.165) is 4.47 Å². The van der Waals surface area contributed by atoms with Gasteiger partial charge in [0.25, 0.3) is 10.0 Å². The van der Waals surface area contributed by atoms with Crippen molar-refractivity contribution in [2.24, 2.45) is 5.10 Å². The maximum atomic E-state index is 12.0. The Kier molecular flexibility index (Phi) is 5.04. The molecule has 0 aliphatic carbocycles. The molecule has 0 atom stereocenters. The molecule has 116 valence electrons. The number of phenolic OH excluding ortho intramolecular Hbond substituents is 1. The zero-order valence-electron chi connectivity index (χ0n) is 11.5. The van der Waals surface area contributed by atoms with Crippen molar-refractivity contribution in [2.75, 3.05) is 7.11 Å². The van der Waals surface area contributed by atoms with Gasteiger partial charge in [-0.05, 0) is 42.5 Å². The summed E-state index contributed by atoms with van der Waals surface area (Å²) in [5.41, 5.74) is 0.331. The molecule has 0 aliphatic heterocycles. The zero-order chi connectivity index (χ0) is 16.2. The predicted octanol–water partition coefficient (Wildman–Crippen LogP) is 2.48. The average Bonchev–Trinajstić information content (AvgIpc) is 2.49. The van der Waals surface area contributed by atoms with Crippen LogP contribution >= 0.6 is 15.9 Å². The number of hydrogen-bond acceptors (Lipinski definition) is 5. The number of ether oxygens (including phenoxy) is 1. The number of methoxy groups -OCH3 is 1.